The topological polar surface area (TPSA) is 86.9 Å². The first-order valence-electron chi connectivity index (χ1n) is 15.4. The number of nitrogens with two attached hydrogens (primary N) is 1. The van der Waals surface area contributed by atoms with Crippen LogP contribution in [0.3, 0.4) is 0 Å². The van der Waals surface area contributed by atoms with Gasteiger partial charge in [0.15, 0.2) is 0 Å². The Morgan fingerprint density at radius 3 is 2.64 bits per heavy atom. The minimum Gasteiger partial charge on any atom is -0.485 e. The average Bonchev–Trinajstić information content (AvgIpc) is 3.79. The summed E-state index contributed by atoms with van der Waals surface area (Å²) < 4.78 is 12.2. The molecular weight excluding hydrogens is 526 g/mol. The van der Waals surface area contributed by atoms with Crippen LogP contribution in [0, 0.1) is 11.8 Å². The van der Waals surface area contributed by atoms with Crippen molar-refractivity contribution in [2.45, 2.75) is 83.4 Å². The van der Waals surface area contributed by atoms with Crippen LogP contribution in [-0.4, -0.2) is 35.0 Å². The minimum absolute atomic E-state index is 0.0414. The standard InChI is InChI=1S/C35H43N3O4/c1-22(34(39)42-36)33(24-7-8-24)27-9-6-23-11-13-30(41-31(23)19-27)29-12-10-25(26-14-16-37-32(20-26)40-4)18-28(29)21-38-17-5-15-35(38,2)3/h6,9-10,12,14,16,18-20,22,24,30,33H,5,7-8,11,13,15,17,21,36H2,1-4H3. The first-order chi connectivity index (χ1) is 20.3. The second kappa shape index (κ2) is 11.7. The monoisotopic (exact) mass is 569 g/mol. The SMILES string of the molecule is COc1cc(-c2ccc(C3CCc4ccc(C(C5CC5)C(C)C(=O)ON)cc4O3)c(CN3CCCC3(C)C)c2)ccn1. The van der Waals surface area contributed by atoms with Gasteiger partial charge >= 0.3 is 5.97 Å². The lowest BCUT2D eigenvalue weighted by atomic mass is 9.82. The molecule has 2 N–H and O–H groups in total. The molecular formula is C35H43N3O4. The largest absolute Gasteiger partial charge is 0.485 e. The van der Waals surface area contributed by atoms with Crippen molar-refractivity contribution in [1.82, 2.24) is 9.88 Å². The summed E-state index contributed by atoms with van der Waals surface area (Å²) in [5, 5.41) is 0. The van der Waals surface area contributed by atoms with Crippen LogP contribution in [0.2, 0.25) is 0 Å². The van der Waals surface area contributed by atoms with Crippen LogP contribution >= 0.6 is 0 Å². The van der Waals surface area contributed by atoms with E-state index in [9.17, 15) is 4.79 Å². The molecule has 6 rings (SSSR count). The van der Waals surface area contributed by atoms with Crippen molar-refractivity contribution in [3.8, 4) is 22.8 Å². The number of pyridine rings is 1. The molecule has 3 heterocycles. The molecule has 1 aliphatic carbocycles. The Labute approximate surface area is 249 Å². The Morgan fingerprint density at radius 1 is 1.12 bits per heavy atom. The zero-order valence-corrected chi connectivity index (χ0v) is 25.3. The van der Waals surface area contributed by atoms with Gasteiger partial charge in [-0.1, -0.05) is 31.2 Å². The molecule has 2 aliphatic heterocycles. The summed E-state index contributed by atoms with van der Waals surface area (Å²) in [7, 11) is 1.65. The van der Waals surface area contributed by atoms with Crippen LogP contribution in [0.1, 0.15) is 87.2 Å². The highest BCUT2D eigenvalue weighted by molar-refractivity contribution is 5.73. The van der Waals surface area contributed by atoms with Crippen LogP contribution in [0.25, 0.3) is 11.1 Å². The number of hydrogen-bond acceptors (Lipinski definition) is 7. The molecule has 0 radical (unpaired) electrons. The summed E-state index contributed by atoms with van der Waals surface area (Å²) in [6.45, 7) is 8.61. The fourth-order valence-corrected chi connectivity index (χ4v) is 7.09. The van der Waals surface area contributed by atoms with Gasteiger partial charge in [-0.2, -0.15) is 5.90 Å². The van der Waals surface area contributed by atoms with Crippen molar-refractivity contribution in [3.05, 3.63) is 77.0 Å². The summed E-state index contributed by atoms with van der Waals surface area (Å²) in [5.74, 6) is 6.72. The van der Waals surface area contributed by atoms with Crippen molar-refractivity contribution < 1.29 is 19.1 Å². The van der Waals surface area contributed by atoms with Gasteiger partial charge in [0.1, 0.15) is 11.9 Å². The maximum Gasteiger partial charge on any atom is 0.327 e. The maximum absolute atomic E-state index is 12.4. The summed E-state index contributed by atoms with van der Waals surface area (Å²) in [5.41, 5.74) is 7.32. The molecule has 222 valence electrons. The molecule has 2 fully saturated rings. The van der Waals surface area contributed by atoms with Crippen molar-refractivity contribution in [3.63, 3.8) is 0 Å². The van der Waals surface area contributed by atoms with Gasteiger partial charge in [0.25, 0.3) is 0 Å². The fraction of sp³-hybridized carbons (Fsp3) is 0.486. The Kier molecular flexibility index (Phi) is 7.99. The second-order valence-corrected chi connectivity index (χ2v) is 12.9. The van der Waals surface area contributed by atoms with E-state index in [0.29, 0.717) is 11.8 Å². The molecule has 3 aromatic rings. The molecule has 0 bridgehead atoms. The van der Waals surface area contributed by atoms with E-state index in [1.54, 1.807) is 13.3 Å². The highest BCUT2D eigenvalue weighted by Crippen LogP contribution is 2.49. The third kappa shape index (κ3) is 5.77. The zero-order valence-electron chi connectivity index (χ0n) is 25.3. The third-order valence-corrected chi connectivity index (χ3v) is 9.78. The van der Waals surface area contributed by atoms with Gasteiger partial charge in [-0.3, -0.25) is 9.69 Å². The van der Waals surface area contributed by atoms with Crippen LogP contribution in [0.15, 0.2) is 54.7 Å². The number of carbonyl (C=O) groups is 1. The number of methoxy groups -OCH3 is 1. The Bertz CT molecular complexity index is 1450. The van der Waals surface area contributed by atoms with Crippen molar-refractivity contribution in [1.29, 1.82) is 0 Å². The van der Waals surface area contributed by atoms with Gasteiger partial charge in [-0.25, -0.2) is 4.98 Å². The minimum atomic E-state index is -0.357. The molecule has 42 heavy (non-hydrogen) atoms. The van der Waals surface area contributed by atoms with E-state index in [0.717, 1.165) is 61.2 Å². The molecule has 3 aliphatic rings. The Balaban J connectivity index is 1.33. The van der Waals surface area contributed by atoms with Crippen LogP contribution in [0.5, 0.6) is 11.6 Å². The summed E-state index contributed by atoms with van der Waals surface area (Å²) in [4.78, 5) is 23.9. The lowest BCUT2D eigenvalue weighted by Gasteiger charge is -2.34. The summed E-state index contributed by atoms with van der Waals surface area (Å²) in [6, 6.07) is 17.3. The molecule has 3 atom stereocenters. The number of likely N-dealkylation sites (tertiary alicyclic amines) is 1. The molecule has 0 spiro atoms. The van der Waals surface area contributed by atoms with Gasteiger partial charge in [-0.05, 0) is 122 Å². The predicted octanol–water partition coefficient (Wildman–Crippen LogP) is 6.74. The first kappa shape index (κ1) is 28.7. The number of rotatable bonds is 9. The number of aryl methyl sites for hydroxylation is 1. The highest BCUT2D eigenvalue weighted by atomic mass is 16.7. The predicted molar refractivity (Wildman–Crippen MR) is 163 cm³/mol. The lowest BCUT2D eigenvalue weighted by molar-refractivity contribution is -0.149. The number of benzene rings is 2. The van der Waals surface area contributed by atoms with Crippen LogP contribution < -0.4 is 15.4 Å². The van der Waals surface area contributed by atoms with Gasteiger partial charge in [0, 0.05) is 24.3 Å². The van der Waals surface area contributed by atoms with E-state index in [4.69, 9.17) is 15.4 Å². The van der Waals surface area contributed by atoms with E-state index in [-0.39, 0.29) is 29.4 Å². The van der Waals surface area contributed by atoms with Crippen molar-refractivity contribution in [2.75, 3.05) is 13.7 Å². The van der Waals surface area contributed by atoms with Crippen LogP contribution in [0.4, 0.5) is 0 Å². The van der Waals surface area contributed by atoms with Gasteiger partial charge in [-0.15, -0.1) is 0 Å². The normalized spacial score (nSPS) is 21.2. The molecule has 0 amide bonds. The van der Waals surface area contributed by atoms with Crippen molar-refractivity contribution in [2.24, 2.45) is 17.7 Å². The Hall–Kier alpha value is -3.42. The van der Waals surface area contributed by atoms with E-state index in [1.807, 2.05) is 19.1 Å². The van der Waals surface area contributed by atoms with Crippen molar-refractivity contribution >= 4 is 5.97 Å². The van der Waals surface area contributed by atoms with Gasteiger partial charge < -0.3 is 14.3 Å². The van der Waals surface area contributed by atoms with Crippen LogP contribution in [-0.2, 0) is 22.6 Å². The Morgan fingerprint density at radius 2 is 1.93 bits per heavy atom. The lowest BCUT2D eigenvalue weighted by Crippen LogP contribution is -2.37. The molecule has 1 saturated carbocycles. The van der Waals surface area contributed by atoms with Gasteiger partial charge in [0.05, 0.1) is 13.0 Å². The van der Waals surface area contributed by atoms with Gasteiger partial charge in [0.2, 0.25) is 5.88 Å². The smallest absolute Gasteiger partial charge is 0.327 e. The molecule has 1 aromatic heterocycles. The molecule has 2 aromatic carbocycles. The maximum atomic E-state index is 12.4. The van der Waals surface area contributed by atoms with E-state index in [1.165, 1.54) is 29.5 Å². The zero-order chi connectivity index (χ0) is 29.4. The molecule has 7 nitrogen and oxygen atoms in total. The second-order valence-electron chi connectivity index (χ2n) is 12.9. The number of aromatic nitrogens is 1. The quantitative estimate of drug-likeness (QED) is 0.286. The first-order valence-corrected chi connectivity index (χ1v) is 15.4. The fourth-order valence-electron chi connectivity index (χ4n) is 7.09. The summed E-state index contributed by atoms with van der Waals surface area (Å²) >= 11 is 0. The molecule has 1 saturated heterocycles. The van der Waals surface area contributed by atoms with E-state index in [2.05, 4.69) is 65.0 Å². The number of ether oxygens (including phenoxy) is 2. The third-order valence-electron chi connectivity index (χ3n) is 9.78. The van der Waals surface area contributed by atoms with E-state index >= 15 is 0 Å². The highest BCUT2D eigenvalue weighted by Gasteiger charge is 2.40. The summed E-state index contributed by atoms with van der Waals surface area (Å²) in [6.07, 6.45) is 8.31. The van der Waals surface area contributed by atoms with E-state index < -0.39 is 0 Å². The number of hydrogen-bond donors (Lipinski definition) is 1. The number of fused-ring (bicyclic) bond motifs is 1. The average molecular weight is 570 g/mol. The number of nitrogens with zero attached hydrogens (tertiary/aromatic N) is 2. The molecule has 7 heteroatoms. The molecule has 3 unspecified atom stereocenters. The number of carbonyl (C=O) groups excluding carboxylic acids is 1.